The summed E-state index contributed by atoms with van der Waals surface area (Å²) in [5.74, 6) is 0.859. The maximum absolute atomic E-state index is 9.69. The van der Waals surface area contributed by atoms with Crippen LogP contribution in [0.2, 0.25) is 0 Å². The van der Waals surface area contributed by atoms with Gasteiger partial charge in [0.2, 0.25) is 5.75 Å². The Morgan fingerprint density at radius 3 is 2.79 bits per heavy atom. The standard InChI is InChI=1S/C10H12O4/c11-6-7-2-3-8-10(9(7)12)14-5-1-4-13-8/h2-3,11-12H,1,4-6H2. The van der Waals surface area contributed by atoms with Crippen LogP contribution in [0.15, 0.2) is 12.1 Å². The van der Waals surface area contributed by atoms with Crippen LogP contribution in [0.5, 0.6) is 17.2 Å². The van der Waals surface area contributed by atoms with Crippen LogP contribution in [0.3, 0.4) is 0 Å². The van der Waals surface area contributed by atoms with Crippen molar-refractivity contribution in [1.82, 2.24) is 0 Å². The Kier molecular flexibility index (Phi) is 2.45. The summed E-state index contributed by atoms with van der Waals surface area (Å²) in [5, 5.41) is 18.6. The molecule has 0 fully saturated rings. The van der Waals surface area contributed by atoms with Crippen molar-refractivity contribution in [2.45, 2.75) is 13.0 Å². The molecule has 0 radical (unpaired) electrons. The SMILES string of the molecule is OCc1ccc2c(c1O)OCCCO2. The van der Waals surface area contributed by atoms with Gasteiger partial charge in [-0.15, -0.1) is 0 Å². The van der Waals surface area contributed by atoms with Crippen molar-refractivity contribution in [3.8, 4) is 17.2 Å². The number of hydrogen-bond donors (Lipinski definition) is 2. The molecular weight excluding hydrogens is 184 g/mol. The van der Waals surface area contributed by atoms with E-state index in [9.17, 15) is 5.11 Å². The highest BCUT2D eigenvalue weighted by Crippen LogP contribution is 2.40. The molecule has 0 aliphatic carbocycles. The Balaban J connectivity index is 2.44. The van der Waals surface area contributed by atoms with Crippen molar-refractivity contribution in [3.63, 3.8) is 0 Å². The van der Waals surface area contributed by atoms with E-state index >= 15 is 0 Å². The van der Waals surface area contributed by atoms with E-state index in [4.69, 9.17) is 14.6 Å². The van der Waals surface area contributed by atoms with E-state index in [-0.39, 0.29) is 12.4 Å². The molecule has 0 atom stereocenters. The zero-order valence-electron chi connectivity index (χ0n) is 7.69. The topological polar surface area (TPSA) is 58.9 Å². The molecule has 14 heavy (non-hydrogen) atoms. The van der Waals surface area contributed by atoms with Crippen LogP contribution < -0.4 is 9.47 Å². The summed E-state index contributed by atoms with van der Waals surface area (Å²) in [6, 6.07) is 3.33. The average Bonchev–Trinajstić information content (AvgIpc) is 2.44. The third kappa shape index (κ3) is 1.48. The van der Waals surface area contributed by atoms with Crippen LogP contribution in [-0.4, -0.2) is 23.4 Å². The van der Waals surface area contributed by atoms with Gasteiger partial charge in [-0.05, 0) is 12.1 Å². The van der Waals surface area contributed by atoms with Gasteiger partial charge in [0, 0.05) is 12.0 Å². The first-order valence-corrected chi connectivity index (χ1v) is 4.54. The average molecular weight is 196 g/mol. The molecule has 0 bridgehead atoms. The van der Waals surface area contributed by atoms with Gasteiger partial charge < -0.3 is 19.7 Å². The Labute approximate surface area is 81.7 Å². The van der Waals surface area contributed by atoms with Gasteiger partial charge in [0.15, 0.2) is 11.5 Å². The number of hydrogen-bond acceptors (Lipinski definition) is 4. The predicted octanol–water partition coefficient (Wildman–Crippen LogP) is 1.05. The van der Waals surface area contributed by atoms with Crippen molar-refractivity contribution in [2.24, 2.45) is 0 Å². The summed E-state index contributed by atoms with van der Waals surface area (Å²) < 4.78 is 10.7. The van der Waals surface area contributed by atoms with Gasteiger partial charge >= 0.3 is 0 Å². The number of aliphatic hydroxyl groups is 1. The molecule has 0 saturated heterocycles. The van der Waals surface area contributed by atoms with Crippen LogP contribution in [0.4, 0.5) is 0 Å². The molecule has 0 spiro atoms. The molecule has 1 aromatic carbocycles. The maximum Gasteiger partial charge on any atom is 0.203 e. The zero-order valence-corrected chi connectivity index (χ0v) is 7.69. The predicted molar refractivity (Wildman–Crippen MR) is 49.6 cm³/mol. The second-order valence-corrected chi connectivity index (χ2v) is 3.11. The van der Waals surface area contributed by atoms with Gasteiger partial charge in [0.25, 0.3) is 0 Å². The highest BCUT2D eigenvalue weighted by atomic mass is 16.5. The van der Waals surface area contributed by atoms with E-state index in [2.05, 4.69) is 0 Å². The van der Waals surface area contributed by atoms with Gasteiger partial charge in [-0.1, -0.05) is 0 Å². The molecule has 0 amide bonds. The second-order valence-electron chi connectivity index (χ2n) is 3.11. The number of aromatic hydroxyl groups is 1. The van der Waals surface area contributed by atoms with Gasteiger partial charge in [0.05, 0.1) is 19.8 Å². The van der Waals surface area contributed by atoms with Gasteiger partial charge in [0.1, 0.15) is 0 Å². The Hall–Kier alpha value is -1.42. The molecule has 0 aromatic heterocycles. The lowest BCUT2D eigenvalue weighted by Crippen LogP contribution is -1.97. The monoisotopic (exact) mass is 196 g/mol. The summed E-state index contributed by atoms with van der Waals surface area (Å²) in [5.41, 5.74) is 0.453. The van der Waals surface area contributed by atoms with Crippen molar-refractivity contribution >= 4 is 0 Å². The minimum Gasteiger partial charge on any atom is -0.504 e. The molecule has 2 N–H and O–H groups in total. The van der Waals surface area contributed by atoms with Crippen LogP contribution in [0, 0.1) is 0 Å². The molecule has 4 nitrogen and oxygen atoms in total. The Bertz CT molecular complexity index is 335. The third-order valence-electron chi connectivity index (χ3n) is 2.14. The van der Waals surface area contributed by atoms with Crippen molar-refractivity contribution in [1.29, 1.82) is 0 Å². The third-order valence-corrected chi connectivity index (χ3v) is 2.14. The normalized spacial score (nSPS) is 14.9. The fourth-order valence-corrected chi connectivity index (χ4v) is 1.39. The van der Waals surface area contributed by atoms with Crippen LogP contribution in [-0.2, 0) is 6.61 Å². The number of fused-ring (bicyclic) bond motifs is 1. The summed E-state index contributed by atoms with van der Waals surface area (Å²) in [4.78, 5) is 0. The van der Waals surface area contributed by atoms with Gasteiger partial charge in [-0.2, -0.15) is 0 Å². The fourth-order valence-electron chi connectivity index (χ4n) is 1.39. The molecule has 1 aliphatic heterocycles. The molecule has 1 heterocycles. The van der Waals surface area contributed by atoms with E-state index in [0.29, 0.717) is 30.3 Å². The molecular formula is C10H12O4. The first-order valence-electron chi connectivity index (χ1n) is 4.54. The van der Waals surface area contributed by atoms with Crippen LogP contribution in [0.25, 0.3) is 0 Å². The summed E-state index contributed by atoms with van der Waals surface area (Å²) in [6.07, 6.45) is 0.794. The number of aliphatic hydroxyl groups excluding tert-OH is 1. The molecule has 0 saturated carbocycles. The molecule has 1 aromatic rings. The summed E-state index contributed by atoms with van der Waals surface area (Å²) >= 11 is 0. The van der Waals surface area contributed by atoms with E-state index in [1.807, 2.05) is 0 Å². The van der Waals surface area contributed by atoms with E-state index in [1.165, 1.54) is 0 Å². The minimum atomic E-state index is -0.206. The molecule has 0 unspecified atom stereocenters. The quantitative estimate of drug-likeness (QED) is 0.704. The minimum absolute atomic E-state index is 0.0214. The lowest BCUT2D eigenvalue weighted by molar-refractivity contribution is 0.267. The largest absolute Gasteiger partial charge is 0.504 e. The molecule has 1 aliphatic rings. The number of benzene rings is 1. The number of rotatable bonds is 1. The summed E-state index contributed by atoms with van der Waals surface area (Å²) in [7, 11) is 0. The zero-order chi connectivity index (χ0) is 9.97. The van der Waals surface area contributed by atoms with Crippen LogP contribution in [0.1, 0.15) is 12.0 Å². The lowest BCUT2D eigenvalue weighted by atomic mass is 10.2. The van der Waals surface area contributed by atoms with E-state index in [1.54, 1.807) is 12.1 Å². The van der Waals surface area contributed by atoms with E-state index in [0.717, 1.165) is 6.42 Å². The first-order chi connectivity index (χ1) is 6.83. The highest BCUT2D eigenvalue weighted by molar-refractivity contribution is 5.54. The Morgan fingerprint density at radius 2 is 2.00 bits per heavy atom. The summed E-state index contributed by atoms with van der Waals surface area (Å²) in [6.45, 7) is 0.906. The highest BCUT2D eigenvalue weighted by Gasteiger charge is 2.16. The number of phenols is 1. The van der Waals surface area contributed by atoms with Gasteiger partial charge in [-0.25, -0.2) is 0 Å². The smallest absolute Gasteiger partial charge is 0.203 e. The lowest BCUT2D eigenvalue weighted by Gasteiger charge is -2.10. The fraction of sp³-hybridized carbons (Fsp3) is 0.400. The van der Waals surface area contributed by atoms with Crippen molar-refractivity contribution in [2.75, 3.05) is 13.2 Å². The first kappa shape index (κ1) is 9.15. The van der Waals surface area contributed by atoms with E-state index < -0.39 is 0 Å². The Morgan fingerprint density at radius 1 is 1.21 bits per heavy atom. The van der Waals surface area contributed by atoms with Crippen molar-refractivity contribution in [3.05, 3.63) is 17.7 Å². The van der Waals surface area contributed by atoms with Crippen LogP contribution >= 0.6 is 0 Å². The molecule has 2 rings (SSSR count). The molecule has 76 valence electrons. The van der Waals surface area contributed by atoms with Crippen molar-refractivity contribution < 1.29 is 19.7 Å². The number of ether oxygens (including phenoxy) is 2. The molecule has 4 heteroatoms. The van der Waals surface area contributed by atoms with Gasteiger partial charge in [-0.3, -0.25) is 0 Å². The second kappa shape index (κ2) is 3.75. The maximum atomic E-state index is 9.69.